The predicted molar refractivity (Wildman–Crippen MR) is 32.5 cm³/mol. The van der Waals surface area contributed by atoms with Crippen molar-refractivity contribution < 1.29 is 13.2 Å². The highest BCUT2D eigenvalue weighted by molar-refractivity contribution is 4.95. The molecule has 1 atom stereocenters. The minimum atomic E-state index is -4.02. The summed E-state index contributed by atoms with van der Waals surface area (Å²) < 4.78 is 35.7. The van der Waals surface area contributed by atoms with E-state index in [4.69, 9.17) is 0 Å². The summed E-state index contributed by atoms with van der Waals surface area (Å²) in [5, 5.41) is 0. The molecule has 0 amide bonds. The van der Waals surface area contributed by atoms with Gasteiger partial charge in [-0.3, -0.25) is 0 Å². The average molecular weight is 150 g/mol. The van der Waals surface area contributed by atoms with Gasteiger partial charge in [-0.2, -0.15) is 13.2 Å². The molecule has 58 valence electrons. The molecule has 10 heavy (non-hydrogen) atoms. The largest absolute Gasteiger partial charge is 0.395 e. The molecule has 0 fully saturated rings. The van der Waals surface area contributed by atoms with E-state index in [1.54, 1.807) is 6.08 Å². The fraction of sp³-hybridized carbons (Fsp3) is 0.714. The van der Waals surface area contributed by atoms with Gasteiger partial charge in [0.1, 0.15) is 0 Å². The fourth-order valence-corrected chi connectivity index (χ4v) is 1.09. The van der Waals surface area contributed by atoms with Crippen LogP contribution in [0.15, 0.2) is 12.2 Å². The van der Waals surface area contributed by atoms with Crippen LogP contribution in [-0.2, 0) is 0 Å². The Kier molecular flexibility index (Phi) is 2.02. The van der Waals surface area contributed by atoms with Crippen molar-refractivity contribution in [3.05, 3.63) is 12.2 Å². The van der Waals surface area contributed by atoms with Gasteiger partial charge in [-0.25, -0.2) is 0 Å². The lowest BCUT2D eigenvalue weighted by Crippen LogP contribution is -2.22. The number of halogens is 3. The Morgan fingerprint density at radius 2 is 2.00 bits per heavy atom. The Morgan fingerprint density at radius 1 is 1.30 bits per heavy atom. The first-order valence-corrected chi connectivity index (χ1v) is 3.34. The normalized spacial score (nSPS) is 26.9. The van der Waals surface area contributed by atoms with E-state index in [1.165, 1.54) is 6.08 Å². The van der Waals surface area contributed by atoms with Crippen LogP contribution in [0.5, 0.6) is 0 Å². The topological polar surface area (TPSA) is 0 Å². The number of hydrogen-bond donors (Lipinski definition) is 0. The van der Waals surface area contributed by atoms with Crippen molar-refractivity contribution >= 4 is 0 Å². The van der Waals surface area contributed by atoms with Gasteiger partial charge in [0, 0.05) is 0 Å². The lowest BCUT2D eigenvalue weighted by atomic mass is 9.96. The van der Waals surface area contributed by atoms with Gasteiger partial charge in [-0.05, 0) is 19.3 Å². The third-order valence-electron chi connectivity index (χ3n) is 1.67. The number of alkyl halides is 3. The van der Waals surface area contributed by atoms with Crippen LogP contribution in [0.2, 0.25) is 0 Å². The second-order valence-electron chi connectivity index (χ2n) is 2.51. The Balaban J connectivity index is 2.55. The van der Waals surface area contributed by atoms with Crippen LogP contribution in [0.3, 0.4) is 0 Å². The summed E-state index contributed by atoms with van der Waals surface area (Å²) in [6, 6.07) is 0. The Labute approximate surface area is 57.7 Å². The zero-order valence-corrected chi connectivity index (χ0v) is 5.49. The Bertz CT molecular complexity index is 134. The Hall–Kier alpha value is -0.470. The minimum absolute atomic E-state index is 0.264. The average Bonchev–Trinajstić information content (AvgIpc) is 1.88. The summed E-state index contributed by atoms with van der Waals surface area (Å²) in [5.41, 5.74) is 0. The van der Waals surface area contributed by atoms with Crippen LogP contribution in [0.25, 0.3) is 0 Å². The molecule has 0 radical (unpaired) electrons. The SMILES string of the molecule is FC(F)(F)[C@H]1C=CCCC1. The van der Waals surface area contributed by atoms with E-state index in [-0.39, 0.29) is 6.42 Å². The molecule has 0 N–H and O–H groups in total. The zero-order chi connectivity index (χ0) is 7.61. The van der Waals surface area contributed by atoms with E-state index in [1.807, 2.05) is 0 Å². The molecule has 0 unspecified atom stereocenters. The van der Waals surface area contributed by atoms with Gasteiger partial charge in [0.05, 0.1) is 5.92 Å². The van der Waals surface area contributed by atoms with E-state index in [0.717, 1.165) is 6.42 Å². The van der Waals surface area contributed by atoms with E-state index < -0.39 is 12.1 Å². The van der Waals surface area contributed by atoms with Crippen LogP contribution in [0.4, 0.5) is 13.2 Å². The molecule has 0 saturated heterocycles. The molecule has 0 aliphatic heterocycles. The quantitative estimate of drug-likeness (QED) is 0.466. The molecule has 0 heterocycles. The summed E-state index contributed by atoms with van der Waals surface area (Å²) in [6.45, 7) is 0. The van der Waals surface area contributed by atoms with E-state index >= 15 is 0 Å². The van der Waals surface area contributed by atoms with Gasteiger partial charge in [-0.1, -0.05) is 12.2 Å². The van der Waals surface area contributed by atoms with E-state index in [2.05, 4.69) is 0 Å². The summed E-state index contributed by atoms with van der Waals surface area (Å²) in [4.78, 5) is 0. The van der Waals surface area contributed by atoms with Crippen LogP contribution in [0.1, 0.15) is 19.3 Å². The summed E-state index contributed by atoms with van der Waals surface area (Å²) in [7, 11) is 0. The first kappa shape index (κ1) is 7.63. The summed E-state index contributed by atoms with van der Waals surface area (Å²) >= 11 is 0. The molecule has 0 bridgehead atoms. The highest BCUT2D eigenvalue weighted by atomic mass is 19.4. The number of rotatable bonds is 0. The molecule has 0 aromatic heterocycles. The summed E-state index contributed by atoms with van der Waals surface area (Å²) in [5.74, 6) is -1.18. The first-order chi connectivity index (χ1) is 4.61. The van der Waals surface area contributed by atoms with Crippen LogP contribution >= 0.6 is 0 Å². The van der Waals surface area contributed by atoms with Crippen LogP contribution in [0, 0.1) is 5.92 Å². The second kappa shape index (κ2) is 2.64. The summed E-state index contributed by atoms with van der Waals surface area (Å²) in [6.07, 6.45) is 0.593. The fourth-order valence-electron chi connectivity index (χ4n) is 1.09. The molecule has 3 heteroatoms. The molecule has 0 nitrogen and oxygen atoms in total. The van der Waals surface area contributed by atoms with Crippen molar-refractivity contribution in [1.29, 1.82) is 0 Å². The van der Waals surface area contributed by atoms with E-state index in [0.29, 0.717) is 6.42 Å². The third kappa shape index (κ3) is 1.75. The minimum Gasteiger partial charge on any atom is -0.170 e. The van der Waals surface area contributed by atoms with Gasteiger partial charge >= 0.3 is 6.18 Å². The lowest BCUT2D eigenvalue weighted by Gasteiger charge is -2.18. The van der Waals surface area contributed by atoms with E-state index in [9.17, 15) is 13.2 Å². The molecule has 1 rings (SSSR count). The van der Waals surface area contributed by atoms with Crippen molar-refractivity contribution in [1.82, 2.24) is 0 Å². The number of hydrogen-bond acceptors (Lipinski definition) is 0. The number of allylic oxidation sites excluding steroid dienone is 2. The van der Waals surface area contributed by atoms with Crippen molar-refractivity contribution in [2.24, 2.45) is 5.92 Å². The lowest BCUT2D eigenvalue weighted by molar-refractivity contribution is -0.163. The van der Waals surface area contributed by atoms with Crippen molar-refractivity contribution in [3.8, 4) is 0 Å². The molecular weight excluding hydrogens is 141 g/mol. The molecular formula is C7H9F3. The predicted octanol–water partition coefficient (Wildman–Crippen LogP) is 2.91. The Morgan fingerprint density at radius 3 is 2.30 bits per heavy atom. The van der Waals surface area contributed by atoms with Gasteiger partial charge in [0.15, 0.2) is 0 Å². The molecule has 0 aromatic carbocycles. The molecule has 0 spiro atoms. The monoisotopic (exact) mass is 150 g/mol. The molecule has 0 aromatic rings. The maximum Gasteiger partial charge on any atom is 0.395 e. The third-order valence-corrected chi connectivity index (χ3v) is 1.67. The van der Waals surface area contributed by atoms with Crippen LogP contribution < -0.4 is 0 Å². The second-order valence-corrected chi connectivity index (χ2v) is 2.51. The zero-order valence-electron chi connectivity index (χ0n) is 5.49. The van der Waals surface area contributed by atoms with Crippen molar-refractivity contribution in [2.75, 3.05) is 0 Å². The smallest absolute Gasteiger partial charge is 0.170 e. The maximum atomic E-state index is 11.9. The molecule has 1 aliphatic rings. The molecule has 1 aliphatic carbocycles. The first-order valence-electron chi connectivity index (χ1n) is 3.34. The highest BCUT2D eigenvalue weighted by Crippen LogP contribution is 2.33. The standard InChI is InChI=1S/C7H9F3/c8-7(9,10)6-4-2-1-3-5-6/h2,4,6H,1,3,5H2/t6-/m0/s1. The van der Waals surface area contributed by atoms with Crippen molar-refractivity contribution in [3.63, 3.8) is 0 Å². The van der Waals surface area contributed by atoms with Gasteiger partial charge in [-0.15, -0.1) is 0 Å². The highest BCUT2D eigenvalue weighted by Gasteiger charge is 2.37. The van der Waals surface area contributed by atoms with Gasteiger partial charge in [0.25, 0.3) is 0 Å². The van der Waals surface area contributed by atoms with Gasteiger partial charge in [0.2, 0.25) is 0 Å². The molecule has 0 saturated carbocycles. The maximum absolute atomic E-state index is 11.9. The van der Waals surface area contributed by atoms with Crippen LogP contribution in [-0.4, -0.2) is 6.18 Å². The van der Waals surface area contributed by atoms with Crippen molar-refractivity contribution in [2.45, 2.75) is 25.4 Å². The van der Waals surface area contributed by atoms with Gasteiger partial charge < -0.3 is 0 Å².